The Bertz CT molecular complexity index is 322. The van der Waals surface area contributed by atoms with Crippen LogP contribution >= 0.6 is 27.3 Å². The molecule has 2 rings (SSSR count). The van der Waals surface area contributed by atoms with Crippen LogP contribution in [0.25, 0.3) is 0 Å². The third-order valence-electron chi connectivity index (χ3n) is 2.67. The number of halogens is 1. The minimum atomic E-state index is -0.480. The third kappa shape index (κ3) is 2.61. The minimum absolute atomic E-state index is 0.0232. The Labute approximate surface area is 102 Å². The Morgan fingerprint density at radius 1 is 1.67 bits per heavy atom. The van der Waals surface area contributed by atoms with E-state index in [0.717, 1.165) is 9.35 Å². The summed E-state index contributed by atoms with van der Waals surface area (Å²) in [6.45, 7) is 2.65. The molecule has 0 bridgehead atoms. The van der Waals surface area contributed by atoms with Gasteiger partial charge in [0.25, 0.3) is 0 Å². The SMILES string of the molecule is CCOC(C1CC1)C(O)c1sccc1Br. The van der Waals surface area contributed by atoms with E-state index in [0.29, 0.717) is 12.5 Å². The van der Waals surface area contributed by atoms with Gasteiger partial charge in [-0.2, -0.15) is 0 Å². The number of hydrogen-bond donors (Lipinski definition) is 1. The number of thiophene rings is 1. The first-order valence-electron chi connectivity index (χ1n) is 5.26. The molecule has 2 unspecified atom stereocenters. The molecule has 1 fully saturated rings. The van der Waals surface area contributed by atoms with Crippen molar-refractivity contribution in [3.63, 3.8) is 0 Å². The highest BCUT2D eigenvalue weighted by Crippen LogP contribution is 2.42. The van der Waals surface area contributed by atoms with Crippen LogP contribution in [0.5, 0.6) is 0 Å². The van der Waals surface area contributed by atoms with Crippen LogP contribution in [0.3, 0.4) is 0 Å². The van der Waals surface area contributed by atoms with Gasteiger partial charge in [-0.05, 0) is 53.1 Å². The van der Waals surface area contributed by atoms with Crippen molar-refractivity contribution in [2.75, 3.05) is 6.61 Å². The van der Waals surface area contributed by atoms with E-state index in [2.05, 4.69) is 15.9 Å². The molecule has 1 aliphatic carbocycles. The third-order valence-corrected chi connectivity index (χ3v) is 4.61. The van der Waals surface area contributed by atoms with E-state index >= 15 is 0 Å². The lowest BCUT2D eigenvalue weighted by molar-refractivity contribution is -0.0449. The average Bonchev–Trinajstić information content (AvgIpc) is 2.97. The normalized spacial score (nSPS) is 20.2. The Kier molecular flexibility index (Phi) is 3.83. The summed E-state index contributed by atoms with van der Waals surface area (Å²) >= 11 is 5.03. The monoisotopic (exact) mass is 290 g/mol. The van der Waals surface area contributed by atoms with Gasteiger partial charge in [-0.1, -0.05) is 0 Å². The van der Waals surface area contributed by atoms with E-state index in [-0.39, 0.29) is 6.10 Å². The zero-order chi connectivity index (χ0) is 10.8. The Balaban J connectivity index is 2.10. The molecule has 2 nitrogen and oxygen atoms in total. The first-order valence-corrected chi connectivity index (χ1v) is 6.93. The lowest BCUT2D eigenvalue weighted by atomic mass is 10.1. The predicted molar refractivity (Wildman–Crippen MR) is 65.1 cm³/mol. The highest BCUT2D eigenvalue weighted by molar-refractivity contribution is 9.10. The van der Waals surface area contributed by atoms with Crippen LogP contribution in [0.15, 0.2) is 15.9 Å². The van der Waals surface area contributed by atoms with Crippen LogP contribution in [0.1, 0.15) is 30.7 Å². The largest absolute Gasteiger partial charge is 0.385 e. The summed E-state index contributed by atoms with van der Waals surface area (Å²) in [7, 11) is 0. The minimum Gasteiger partial charge on any atom is -0.385 e. The Morgan fingerprint density at radius 3 is 2.87 bits per heavy atom. The van der Waals surface area contributed by atoms with Gasteiger partial charge in [-0.25, -0.2) is 0 Å². The summed E-state index contributed by atoms with van der Waals surface area (Å²) in [5.74, 6) is 0.550. The molecule has 1 heterocycles. The molecule has 0 aliphatic heterocycles. The van der Waals surface area contributed by atoms with Gasteiger partial charge < -0.3 is 9.84 Å². The smallest absolute Gasteiger partial charge is 0.116 e. The molecular weight excluding hydrogens is 276 g/mol. The van der Waals surface area contributed by atoms with Gasteiger partial charge in [0.2, 0.25) is 0 Å². The second-order valence-corrected chi connectivity index (χ2v) is 5.64. The van der Waals surface area contributed by atoms with Gasteiger partial charge in [0.05, 0.1) is 6.10 Å². The number of ether oxygens (including phenoxy) is 1. The molecule has 4 heteroatoms. The van der Waals surface area contributed by atoms with Crippen LogP contribution < -0.4 is 0 Å². The van der Waals surface area contributed by atoms with Gasteiger partial charge in [-0.15, -0.1) is 11.3 Å². The zero-order valence-corrected chi connectivity index (χ0v) is 11.1. The van der Waals surface area contributed by atoms with E-state index in [1.807, 2.05) is 18.4 Å². The van der Waals surface area contributed by atoms with Gasteiger partial charge in [0, 0.05) is 16.0 Å². The fraction of sp³-hybridized carbons (Fsp3) is 0.636. The lowest BCUT2D eigenvalue weighted by Gasteiger charge is -2.22. The van der Waals surface area contributed by atoms with E-state index in [1.165, 1.54) is 12.8 Å². The molecule has 15 heavy (non-hydrogen) atoms. The maximum absolute atomic E-state index is 10.2. The molecule has 0 amide bonds. The van der Waals surface area contributed by atoms with Crippen molar-refractivity contribution in [2.45, 2.75) is 32.0 Å². The van der Waals surface area contributed by atoms with Crippen molar-refractivity contribution in [1.29, 1.82) is 0 Å². The molecule has 0 saturated heterocycles. The van der Waals surface area contributed by atoms with E-state index < -0.39 is 6.10 Å². The number of rotatable bonds is 5. The molecule has 1 aromatic heterocycles. The molecule has 0 aromatic carbocycles. The van der Waals surface area contributed by atoms with Gasteiger partial charge >= 0.3 is 0 Å². The summed E-state index contributed by atoms with van der Waals surface area (Å²) in [5, 5.41) is 12.2. The maximum atomic E-state index is 10.2. The Morgan fingerprint density at radius 2 is 2.40 bits per heavy atom. The summed E-state index contributed by atoms with van der Waals surface area (Å²) < 4.78 is 6.63. The molecule has 1 aliphatic rings. The van der Waals surface area contributed by atoms with Gasteiger partial charge in [0.15, 0.2) is 0 Å². The number of aliphatic hydroxyl groups excluding tert-OH is 1. The van der Waals surface area contributed by atoms with Gasteiger partial charge in [0.1, 0.15) is 6.10 Å². The number of hydrogen-bond acceptors (Lipinski definition) is 3. The molecule has 0 spiro atoms. The van der Waals surface area contributed by atoms with Crippen molar-refractivity contribution in [1.82, 2.24) is 0 Å². The van der Waals surface area contributed by atoms with Crippen LogP contribution in [-0.4, -0.2) is 17.8 Å². The lowest BCUT2D eigenvalue weighted by Crippen LogP contribution is -2.24. The first-order chi connectivity index (χ1) is 7.24. The van der Waals surface area contributed by atoms with Crippen LogP contribution in [0.4, 0.5) is 0 Å². The fourth-order valence-corrected chi connectivity index (χ4v) is 3.39. The second-order valence-electron chi connectivity index (χ2n) is 3.84. The van der Waals surface area contributed by atoms with Gasteiger partial charge in [-0.3, -0.25) is 0 Å². The van der Waals surface area contributed by atoms with Crippen molar-refractivity contribution in [3.05, 3.63) is 20.8 Å². The van der Waals surface area contributed by atoms with E-state index in [4.69, 9.17) is 4.74 Å². The topological polar surface area (TPSA) is 29.5 Å². The van der Waals surface area contributed by atoms with Crippen molar-refractivity contribution >= 4 is 27.3 Å². The molecule has 1 N–H and O–H groups in total. The van der Waals surface area contributed by atoms with E-state index in [1.54, 1.807) is 11.3 Å². The molecule has 0 radical (unpaired) electrons. The molecular formula is C11H15BrO2S. The summed E-state index contributed by atoms with van der Waals surface area (Å²) in [4.78, 5) is 0.986. The summed E-state index contributed by atoms with van der Waals surface area (Å²) in [5.41, 5.74) is 0. The van der Waals surface area contributed by atoms with Crippen molar-refractivity contribution in [3.8, 4) is 0 Å². The fourth-order valence-electron chi connectivity index (χ4n) is 1.77. The molecule has 84 valence electrons. The van der Waals surface area contributed by atoms with Crippen molar-refractivity contribution in [2.24, 2.45) is 5.92 Å². The Hall–Kier alpha value is 0.100. The first kappa shape index (κ1) is 11.6. The summed E-state index contributed by atoms with van der Waals surface area (Å²) in [6, 6.07) is 1.97. The maximum Gasteiger partial charge on any atom is 0.116 e. The highest BCUT2D eigenvalue weighted by atomic mass is 79.9. The van der Waals surface area contributed by atoms with Crippen molar-refractivity contribution < 1.29 is 9.84 Å². The molecule has 1 saturated carbocycles. The molecule has 2 atom stereocenters. The predicted octanol–water partition coefficient (Wildman–Crippen LogP) is 3.36. The average molecular weight is 291 g/mol. The second kappa shape index (κ2) is 4.95. The highest BCUT2D eigenvalue weighted by Gasteiger charge is 2.38. The van der Waals surface area contributed by atoms with E-state index in [9.17, 15) is 5.11 Å². The van der Waals surface area contributed by atoms with Crippen LogP contribution in [-0.2, 0) is 4.74 Å². The quantitative estimate of drug-likeness (QED) is 0.901. The van der Waals surface area contributed by atoms with Crippen LogP contribution in [0.2, 0.25) is 0 Å². The standard InChI is InChI=1S/C11H15BrO2S/c1-2-14-10(7-3-4-7)9(13)11-8(12)5-6-15-11/h5-7,9-10,13H,2-4H2,1H3. The zero-order valence-electron chi connectivity index (χ0n) is 8.65. The molecule has 1 aromatic rings. The summed E-state index contributed by atoms with van der Waals surface area (Å²) in [6.07, 6.45) is 1.87. The number of aliphatic hydroxyl groups is 1. The van der Waals surface area contributed by atoms with Crippen LogP contribution in [0, 0.1) is 5.92 Å².